The number of rotatable bonds is 4. The highest BCUT2D eigenvalue weighted by molar-refractivity contribution is 6.03. The summed E-state index contributed by atoms with van der Waals surface area (Å²) in [6, 6.07) is 15.3. The Morgan fingerprint density at radius 1 is 1.04 bits per heavy atom. The topological polar surface area (TPSA) is 56.1 Å². The molecule has 25 heavy (non-hydrogen) atoms. The Hall–Kier alpha value is -3.08. The third kappa shape index (κ3) is 3.55. The van der Waals surface area contributed by atoms with Gasteiger partial charge in [0.1, 0.15) is 11.4 Å². The number of methoxy groups -OCH3 is 1. The molecule has 0 aliphatic carbocycles. The maximum atomic E-state index is 12.6. The van der Waals surface area contributed by atoms with E-state index in [1.54, 1.807) is 24.9 Å². The molecule has 3 aromatic rings. The van der Waals surface area contributed by atoms with Gasteiger partial charge in [-0.2, -0.15) is 5.10 Å². The summed E-state index contributed by atoms with van der Waals surface area (Å²) in [5, 5.41) is 7.38. The van der Waals surface area contributed by atoms with Gasteiger partial charge < -0.3 is 10.1 Å². The molecule has 0 saturated heterocycles. The largest absolute Gasteiger partial charge is 0.497 e. The van der Waals surface area contributed by atoms with Crippen LogP contribution in [0.25, 0.3) is 11.3 Å². The van der Waals surface area contributed by atoms with Crippen molar-refractivity contribution in [2.24, 2.45) is 7.05 Å². The lowest BCUT2D eigenvalue weighted by molar-refractivity contribution is 0.101. The van der Waals surface area contributed by atoms with E-state index in [1.807, 2.05) is 56.3 Å². The van der Waals surface area contributed by atoms with Crippen molar-refractivity contribution in [1.82, 2.24) is 9.78 Å². The predicted molar refractivity (Wildman–Crippen MR) is 99.1 cm³/mol. The normalized spacial score (nSPS) is 10.6. The lowest BCUT2D eigenvalue weighted by atomic mass is 10.1. The molecule has 0 spiro atoms. The molecule has 0 aliphatic rings. The smallest absolute Gasteiger partial charge is 0.273 e. The van der Waals surface area contributed by atoms with Crippen LogP contribution < -0.4 is 10.1 Å². The number of aryl methyl sites for hydroxylation is 3. The number of benzene rings is 2. The van der Waals surface area contributed by atoms with Crippen molar-refractivity contribution in [2.75, 3.05) is 12.4 Å². The van der Waals surface area contributed by atoms with Gasteiger partial charge >= 0.3 is 0 Å². The fourth-order valence-electron chi connectivity index (χ4n) is 2.60. The Balaban J connectivity index is 1.83. The number of ether oxygens (including phenoxy) is 1. The van der Waals surface area contributed by atoms with Crippen LogP contribution in [-0.4, -0.2) is 22.8 Å². The van der Waals surface area contributed by atoms with Crippen LogP contribution in [0.1, 0.15) is 21.6 Å². The number of amides is 1. The second kappa shape index (κ2) is 6.81. The molecular formula is C20H21N3O2. The Morgan fingerprint density at radius 2 is 1.76 bits per heavy atom. The van der Waals surface area contributed by atoms with E-state index >= 15 is 0 Å². The predicted octanol–water partition coefficient (Wildman–Crippen LogP) is 3.96. The lowest BCUT2D eigenvalue weighted by Crippen LogP contribution is -2.16. The van der Waals surface area contributed by atoms with Crippen LogP contribution in [0.2, 0.25) is 0 Å². The number of carbonyl (C=O) groups is 1. The first kappa shape index (κ1) is 16.8. The molecule has 0 radical (unpaired) electrons. The molecule has 3 rings (SSSR count). The van der Waals surface area contributed by atoms with Crippen molar-refractivity contribution in [3.05, 3.63) is 65.4 Å². The van der Waals surface area contributed by atoms with Crippen LogP contribution >= 0.6 is 0 Å². The van der Waals surface area contributed by atoms with Crippen molar-refractivity contribution in [3.8, 4) is 17.0 Å². The minimum absolute atomic E-state index is 0.182. The van der Waals surface area contributed by atoms with Gasteiger partial charge in [-0.05, 0) is 67.4 Å². The van der Waals surface area contributed by atoms with Crippen LogP contribution in [0.4, 0.5) is 5.69 Å². The Bertz CT molecular complexity index is 911. The summed E-state index contributed by atoms with van der Waals surface area (Å²) in [7, 11) is 3.40. The average Bonchev–Trinajstić information content (AvgIpc) is 3.00. The molecule has 0 fully saturated rings. The molecule has 0 atom stereocenters. The highest BCUT2D eigenvalue weighted by Crippen LogP contribution is 2.22. The van der Waals surface area contributed by atoms with E-state index in [0.717, 1.165) is 28.3 Å². The van der Waals surface area contributed by atoms with Crippen LogP contribution in [0.15, 0.2) is 48.5 Å². The molecule has 1 aromatic heterocycles. The number of nitrogens with one attached hydrogen (secondary N) is 1. The third-order valence-electron chi connectivity index (χ3n) is 4.26. The summed E-state index contributed by atoms with van der Waals surface area (Å²) >= 11 is 0. The standard InChI is InChI=1S/C20H21N3O2/c1-13-5-8-16(11-14(13)2)21-20(24)19-12-18(22-23(19)3)15-6-9-17(25-4)10-7-15/h5-12H,1-4H3,(H,21,24). The second-order valence-electron chi connectivity index (χ2n) is 6.02. The number of hydrogen-bond donors (Lipinski definition) is 1. The summed E-state index contributed by atoms with van der Waals surface area (Å²) in [5.74, 6) is 0.602. The Kier molecular flexibility index (Phi) is 4.57. The van der Waals surface area contributed by atoms with Gasteiger partial charge in [0.2, 0.25) is 0 Å². The number of hydrogen-bond acceptors (Lipinski definition) is 3. The average molecular weight is 335 g/mol. The molecule has 5 heteroatoms. The summed E-state index contributed by atoms with van der Waals surface area (Å²) in [6.45, 7) is 4.07. The summed E-state index contributed by atoms with van der Waals surface area (Å²) < 4.78 is 6.76. The van der Waals surface area contributed by atoms with E-state index < -0.39 is 0 Å². The minimum atomic E-state index is -0.182. The number of anilines is 1. The SMILES string of the molecule is COc1ccc(-c2cc(C(=O)Nc3ccc(C)c(C)c3)n(C)n2)cc1. The fraction of sp³-hybridized carbons (Fsp3) is 0.200. The molecule has 0 bridgehead atoms. The zero-order chi connectivity index (χ0) is 18.0. The van der Waals surface area contributed by atoms with E-state index in [4.69, 9.17) is 4.74 Å². The van der Waals surface area contributed by atoms with Crippen LogP contribution in [0.3, 0.4) is 0 Å². The number of nitrogens with zero attached hydrogens (tertiary/aromatic N) is 2. The number of carbonyl (C=O) groups excluding carboxylic acids is 1. The van der Waals surface area contributed by atoms with E-state index in [9.17, 15) is 4.79 Å². The van der Waals surface area contributed by atoms with Crippen molar-refractivity contribution < 1.29 is 9.53 Å². The minimum Gasteiger partial charge on any atom is -0.497 e. The van der Waals surface area contributed by atoms with Gasteiger partial charge in [-0.15, -0.1) is 0 Å². The van der Waals surface area contributed by atoms with Gasteiger partial charge in [0.15, 0.2) is 0 Å². The molecule has 1 amide bonds. The van der Waals surface area contributed by atoms with Gasteiger partial charge in [0.25, 0.3) is 5.91 Å². The highest BCUT2D eigenvalue weighted by atomic mass is 16.5. The summed E-state index contributed by atoms with van der Waals surface area (Å²) in [5.41, 5.74) is 5.29. The lowest BCUT2D eigenvalue weighted by Gasteiger charge is -2.07. The van der Waals surface area contributed by atoms with Gasteiger partial charge in [-0.1, -0.05) is 6.07 Å². The van der Waals surface area contributed by atoms with E-state index in [2.05, 4.69) is 10.4 Å². The van der Waals surface area contributed by atoms with Crippen LogP contribution in [0.5, 0.6) is 5.75 Å². The van der Waals surface area contributed by atoms with Crippen molar-refractivity contribution in [3.63, 3.8) is 0 Å². The van der Waals surface area contributed by atoms with Gasteiger partial charge in [0, 0.05) is 18.3 Å². The molecular weight excluding hydrogens is 314 g/mol. The highest BCUT2D eigenvalue weighted by Gasteiger charge is 2.15. The molecule has 128 valence electrons. The summed E-state index contributed by atoms with van der Waals surface area (Å²) in [6.07, 6.45) is 0. The third-order valence-corrected chi connectivity index (χ3v) is 4.26. The van der Waals surface area contributed by atoms with Gasteiger partial charge in [0.05, 0.1) is 12.8 Å². The molecule has 2 aromatic carbocycles. The number of aromatic nitrogens is 2. The van der Waals surface area contributed by atoms with Crippen LogP contribution in [-0.2, 0) is 7.05 Å². The Labute approximate surface area is 147 Å². The molecule has 1 heterocycles. The van der Waals surface area contributed by atoms with E-state index in [0.29, 0.717) is 5.69 Å². The van der Waals surface area contributed by atoms with Crippen molar-refractivity contribution >= 4 is 11.6 Å². The molecule has 1 N–H and O–H groups in total. The molecule has 5 nitrogen and oxygen atoms in total. The molecule has 0 saturated carbocycles. The van der Waals surface area contributed by atoms with Gasteiger partial charge in [-0.25, -0.2) is 0 Å². The first-order chi connectivity index (χ1) is 12.0. The molecule has 0 unspecified atom stereocenters. The second-order valence-corrected chi connectivity index (χ2v) is 6.02. The van der Waals surface area contributed by atoms with Gasteiger partial charge in [-0.3, -0.25) is 9.48 Å². The van der Waals surface area contributed by atoms with Crippen molar-refractivity contribution in [1.29, 1.82) is 0 Å². The monoisotopic (exact) mass is 335 g/mol. The zero-order valence-electron chi connectivity index (χ0n) is 14.8. The van der Waals surface area contributed by atoms with Crippen molar-refractivity contribution in [2.45, 2.75) is 13.8 Å². The molecule has 0 aliphatic heterocycles. The summed E-state index contributed by atoms with van der Waals surface area (Å²) in [4.78, 5) is 12.6. The maximum absolute atomic E-state index is 12.6. The quantitative estimate of drug-likeness (QED) is 0.785. The first-order valence-corrected chi connectivity index (χ1v) is 8.05. The van der Waals surface area contributed by atoms with Crippen LogP contribution in [0, 0.1) is 13.8 Å². The zero-order valence-corrected chi connectivity index (χ0v) is 14.8. The van der Waals surface area contributed by atoms with E-state index in [-0.39, 0.29) is 5.91 Å². The maximum Gasteiger partial charge on any atom is 0.273 e. The Morgan fingerprint density at radius 3 is 2.40 bits per heavy atom. The fourth-order valence-corrected chi connectivity index (χ4v) is 2.60. The van der Waals surface area contributed by atoms with E-state index in [1.165, 1.54) is 5.56 Å². The first-order valence-electron chi connectivity index (χ1n) is 8.05.